The summed E-state index contributed by atoms with van der Waals surface area (Å²) in [5.74, 6) is 1.60. The molecule has 0 saturated heterocycles. The van der Waals surface area contributed by atoms with Crippen molar-refractivity contribution in [1.82, 2.24) is 9.97 Å². The monoisotopic (exact) mass is 285 g/mol. The first-order chi connectivity index (χ1) is 10.0. The van der Waals surface area contributed by atoms with Gasteiger partial charge in [-0.25, -0.2) is 9.97 Å². The molecule has 4 nitrogen and oxygen atoms in total. The number of rotatable bonds is 5. The molecule has 0 fully saturated rings. The van der Waals surface area contributed by atoms with Gasteiger partial charge in [0.2, 0.25) is 0 Å². The fraction of sp³-hybridized carbons (Fsp3) is 0.412. The molecule has 0 saturated carbocycles. The van der Waals surface area contributed by atoms with E-state index in [1.54, 1.807) is 7.11 Å². The molecule has 0 spiro atoms. The Morgan fingerprint density at radius 1 is 1.05 bits per heavy atom. The molecular formula is C17H23N3O. The predicted molar refractivity (Wildman–Crippen MR) is 86.6 cm³/mol. The van der Waals surface area contributed by atoms with Gasteiger partial charge in [0.05, 0.1) is 12.3 Å². The zero-order valence-corrected chi connectivity index (χ0v) is 13.4. The largest absolute Gasteiger partial charge is 0.378 e. The summed E-state index contributed by atoms with van der Waals surface area (Å²) in [5.41, 5.74) is 5.65. The van der Waals surface area contributed by atoms with Crippen LogP contribution in [0.1, 0.15) is 29.3 Å². The molecule has 2 rings (SSSR count). The number of ether oxygens (including phenoxy) is 1. The van der Waals surface area contributed by atoms with Gasteiger partial charge in [0.1, 0.15) is 5.82 Å². The third-order valence-corrected chi connectivity index (χ3v) is 3.33. The summed E-state index contributed by atoms with van der Waals surface area (Å²) in [5, 5.41) is 3.26. The molecule has 21 heavy (non-hydrogen) atoms. The molecule has 0 amide bonds. The van der Waals surface area contributed by atoms with Crippen LogP contribution in [-0.2, 0) is 11.3 Å². The average Bonchev–Trinajstić information content (AvgIpc) is 2.38. The van der Waals surface area contributed by atoms with E-state index in [1.807, 2.05) is 6.07 Å². The van der Waals surface area contributed by atoms with Crippen molar-refractivity contribution in [1.29, 1.82) is 0 Å². The molecule has 0 aliphatic heterocycles. The van der Waals surface area contributed by atoms with Gasteiger partial charge in [0.25, 0.3) is 0 Å². The van der Waals surface area contributed by atoms with Crippen LogP contribution in [-0.4, -0.2) is 23.6 Å². The molecule has 0 aliphatic rings. The summed E-state index contributed by atoms with van der Waals surface area (Å²) < 4.78 is 5.21. The number of nitrogens with one attached hydrogen (secondary N) is 1. The van der Waals surface area contributed by atoms with Gasteiger partial charge in [-0.3, -0.25) is 0 Å². The SMILES string of the molecule is CCNc1cc(COC)nc(-c2c(C)cc(C)cc2C)n1. The molecule has 1 heterocycles. The highest BCUT2D eigenvalue weighted by molar-refractivity contribution is 5.66. The lowest BCUT2D eigenvalue weighted by atomic mass is 9.99. The Morgan fingerprint density at radius 2 is 1.71 bits per heavy atom. The number of aromatic nitrogens is 2. The van der Waals surface area contributed by atoms with Gasteiger partial charge in [-0.2, -0.15) is 0 Å². The highest BCUT2D eigenvalue weighted by Gasteiger charge is 2.12. The van der Waals surface area contributed by atoms with Crippen LogP contribution in [0, 0.1) is 20.8 Å². The Labute approximate surface area is 126 Å². The first-order valence-corrected chi connectivity index (χ1v) is 7.24. The Balaban J connectivity index is 2.57. The fourth-order valence-corrected chi connectivity index (χ4v) is 2.64. The van der Waals surface area contributed by atoms with Crippen molar-refractivity contribution >= 4 is 5.82 Å². The third kappa shape index (κ3) is 3.58. The summed E-state index contributed by atoms with van der Waals surface area (Å²) >= 11 is 0. The van der Waals surface area contributed by atoms with Crippen molar-refractivity contribution in [3.8, 4) is 11.4 Å². The van der Waals surface area contributed by atoms with Gasteiger partial charge in [0.15, 0.2) is 5.82 Å². The number of aryl methyl sites for hydroxylation is 3. The van der Waals surface area contributed by atoms with E-state index >= 15 is 0 Å². The lowest BCUT2D eigenvalue weighted by Crippen LogP contribution is -2.06. The zero-order chi connectivity index (χ0) is 15.4. The Morgan fingerprint density at radius 3 is 2.29 bits per heavy atom. The van der Waals surface area contributed by atoms with Crippen LogP contribution < -0.4 is 5.32 Å². The minimum atomic E-state index is 0.484. The van der Waals surface area contributed by atoms with Crippen LogP contribution in [0.15, 0.2) is 18.2 Å². The molecule has 1 N–H and O–H groups in total. The van der Waals surface area contributed by atoms with Crippen molar-refractivity contribution in [2.45, 2.75) is 34.3 Å². The van der Waals surface area contributed by atoms with E-state index in [9.17, 15) is 0 Å². The molecule has 112 valence electrons. The summed E-state index contributed by atoms with van der Waals surface area (Å²) in [6.45, 7) is 9.69. The van der Waals surface area contributed by atoms with Gasteiger partial charge in [-0.05, 0) is 38.8 Å². The summed E-state index contributed by atoms with van der Waals surface area (Å²) in [6.07, 6.45) is 0. The van der Waals surface area contributed by atoms with Gasteiger partial charge < -0.3 is 10.1 Å². The fourth-order valence-electron chi connectivity index (χ4n) is 2.64. The van der Waals surface area contributed by atoms with Gasteiger partial charge in [-0.1, -0.05) is 17.7 Å². The van der Waals surface area contributed by atoms with Crippen LogP contribution in [0.5, 0.6) is 0 Å². The maximum atomic E-state index is 5.21. The average molecular weight is 285 g/mol. The number of methoxy groups -OCH3 is 1. The van der Waals surface area contributed by atoms with E-state index in [1.165, 1.54) is 16.7 Å². The second kappa shape index (κ2) is 6.68. The van der Waals surface area contributed by atoms with E-state index < -0.39 is 0 Å². The van der Waals surface area contributed by atoms with Crippen LogP contribution in [0.2, 0.25) is 0 Å². The van der Waals surface area contributed by atoms with E-state index in [2.05, 4.69) is 55.1 Å². The lowest BCUT2D eigenvalue weighted by Gasteiger charge is -2.13. The van der Waals surface area contributed by atoms with E-state index in [0.717, 1.165) is 29.4 Å². The van der Waals surface area contributed by atoms with Crippen molar-refractivity contribution < 1.29 is 4.74 Å². The topological polar surface area (TPSA) is 47.0 Å². The third-order valence-electron chi connectivity index (χ3n) is 3.33. The second-order valence-corrected chi connectivity index (χ2v) is 5.31. The Hall–Kier alpha value is -1.94. The first kappa shape index (κ1) is 15.4. The highest BCUT2D eigenvalue weighted by Crippen LogP contribution is 2.27. The van der Waals surface area contributed by atoms with Crippen LogP contribution in [0.3, 0.4) is 0 Å². The zero-order valence-electron chi connectivity index (χ0n) is 13.4. The smallest absolute Gasteiger partial charge is 0.162 e. The number of hydrogen-bond donors (Lipinski definition) is 1. The maximum absolute atomic E-state index is 5.21. The molecule has 0 radical (unpaired) electrons. The quantitative estimate of drug-likeness (QED) is 0.911. The number of anilines is 1. The normalized spacial score (nSPS) is 10.7. The first-order valence-electron chi connectivity index (χ1n) is 7.24. The van der Waals surface area contributed by atoms with Crippen molar-refractivity contribution in [2.24, 2.45) is 0 Å². The maximum Gasteiger partial charge on any atom is 0.162 e. The van der Waals surface area contributed by atoms with Crippen molar-refractivity contribution in [3.63, 3.8) is 0 Å². The molecule has 0 bridgehead atoms. The molecule has 0 aliphatic carbocycles. The molecule has 1 aromatic heterocycles. The van der Waals surface area contributed by atoms with Gasteiger partial charge in [0, 0.05) is 25.3 Å². The van der Waals surface area contributed by atoms with Crippen LogP contribution in [0.4, 0.5) is 5.82 Å². The minimum absolute atomic E-state index is 0.484. The standard InChI is InChI=1S/C17H23N3O/c1-6-18-15-9-14(10-21-5)19-17(20-15)16-12(3)7-11(2)8-13(16)4/h7-9H,6,10H2,1-5H3,(H,18,19,20). The van der Waals surface area contributed by atoms with E-state index in [-0.39, 0.29) is 0 Å². The molecule has 2 aromatic rings. The summed E-state index contributed by atoms with van der Waals surface area (Å²) in [4.78, 5) is 9.30. The molecule has 0 atom stereocenters. The number of benzene rings is 1. The molecule has 0 unspecified atom stereocenters. The van der Waals surface area contributed by atoms with Gasteiger partial charge in [-0.15, -0.1) is 0 Å². The van der Waals surface area contributed by atoms with Crippen LogP contribution in [0.25, 0.3) is 11.4 Å². The molecule has 4 heteroatoms. The Bertz CT molecular complexity index is 591. The van der Waals surface area contributed by atoms with Crippen molar-refractivity contribution in [3.05, 3.63) is 40.6 Å². The predicted octanol–water partition coefficient (Wildman–Crippen LogP) is 3.65. The Kier molecular flexibility index (Phi) is 4.91. The van der Waals surface area contributed by atoms with E-state index in [4.69, 9.17) is 4.74 Å². The summed E-state index contributed by atoms with van der Waals surface area (Å²) in [6, 6.07) is 6.28. The van der Waals surface area contributed by atoms with E-state index in [0.29, 0.717) is 6.61 Å². The van der Waals surface area contributed by atoms with Crippen LogP contribution >= 0.6 is 0 Å². The molecule has 1 aromatic carbocycles. The number of hydrogen-bond acceptors (Lipinski definition) is 4. The second-order valence-electron chi connectivity index (χ2n) is 5.31. The minimum Gasteiger partial charge on any atom is -0.378 e. The summed E-state index contributed by atoms with van der Waals surface area (Å²) in [7, 11) is 1.68. The molecular weight excluding hydrogens is 262 g/mol. The number of nitrogens with zero attached hydrogens (tertiary/aromatic N) is 2. The van der Waals surface area contributed by atoms with Crippen molar-refractivity contribution in [2.75, 3.05) is 19.0 Å². The lowest BCUT2D eigenvalue weighted by molar-refractivity contribution is 0.181. The van der Waals surface area contributed by atoms with Gasteiger partial charge >= 0.3 is 0 Å². The highest BCUT2D eigenvalue weighted by atomic mass is 16.5.